The lowest BCUT2D eigenvalue weighted by molar-refractivity contribution is 1.17. The van der Waals surface area contributed by atoms with Crippen molar-refractivity contribution in [1.82, 2.24) is 9.13 Å². The second kappa shape index (κ2) is 10.7. The van der Waals surface area contributed by atoms with E-state index in [1.807, 2.05) is 11.3 Å². The second-order valence-electron chi connectivity index (χ2n) is 12.2. The van der Waals surface area contributed by atoms with Crippen LogP contribution in [0.5, 0.6) is 0 Å². The summed E-state index contributed by atoms with van der Waals surface area (Å²) in [6.07, 6.45) is 0. The summed E-state index contributed by atoms with van der Waals surface area (Å²) in [6, 6.07) is 63.4. The molecule has 0 aliphatic heterocycles. The molecule has 3 heterocycles. The Labute approximate surface area is 281 Å². The zero-order valence-corrected chi connectivity index (χ0v) is 26.8. The van der Waals surface area contributed by atoms with E-state index in [4.69, 9.17) is 0 Å². The van der Waals surface area contributed by atoms with Crippen LogP contribution in [0.25, 0.3) is 64.4 Å². The Kier molecular flexibility index (Phi) is 6.05. The van der Waals surface area contributed by atoms with Crippen LogP contribution in [0.4, 0.5) is 17.1 Å². The van der Waals surface area contributed by atoms with Gasteiger partial charge in [0.2, 0.25) is 0 Å². The van der Waals surface area contributed by atoms with Gasteiger partial charge in [-0.2, -0.15) is 0 Å². The molecular weight excluding hydrogens is 603 g/mol. The van der Waals surface area contributed by atoms with Crippen molar-refractivity contribution in [2.75, 3.05) is 4.90 Å². The minimum Gasteiger partial charge on any atom is -0.310 e. The van der Waals surface area contributed by atoms with Gasteiger partial charge in [-0.3, -0.25) is 0 Å². The molecule has 0 aliphatic carbocycles. The van der Waals surface area contributed by atoms with Crippen molar-refractivity contribution in [2.45, 2.75) is 0 Å². The molecule has 0 N–H and O–H groups in total. The molecule has 3 aromatic heterocycles. The van der Waals surface area contributed by atoms with Gasteiger partial charge in [-0.1, -0.05) is 97.1 Å². The van der Waals surface area contributed by atoms with E-state index in [1.54, 1.807) is 0 Å². The molecule has 0 fully saturated rings. The highest BCUT2D eigenvalue weighted by Gasteiger charge is 2.25. The Morgan fingerprint density at radius 2 is 0.958 bits per heavy atom. The van der Waals surface area contributed by atoms with Crippen LogP contribution >= 0.6 is 11.3 Å². The number of fused-ring (bicyclic) bond motifs is 9. The smallest absolute Gasteiger partial charge is 0.0804 e. The van der Waals surface area contributed by atoms with E-state index in [0.717, 1.165) is 28.4 Å². The Morgan fingerprint density at radius 1 is 0.375 bits per heavy atom. The first kappa shape index (κ1) is 27.1. The first-order chi connectivity index (χ1) is 23.8. The summed E-state index contributed by atoms with van der Waals surface area (Å²) in [7, 11) is 0. The zero-order valence-electron chi connectivity index (χ0n) is 26.0. The van der Waals surface area contributed by atoms with E-state index in [1.165, 1.54) is 53.0 Å². The first-order valence-corrected chi connectivity index (χ1v) is 17.1. The summed E-state index contributed by atoms with van der Waals surface area (Å²) in [5.41, 5.74) is 10.5. The maximum absolute atomic E-state index is 2.51. The van der Waals surface area contributed by atoms with Gasteiger partial charge in [-0.25, -0.2) is 0 Å². The van der Waals surface area contributed by atoms with E-state index >= 15 is 0 Å². The third-order valence-electron chi connectivity index (χ3n) is 9.46. The molecule has 0 saturated heterocycles. The number of para-hydroxylation sites is 4. The van der Waals surface area contributed by atoms with E-state index in [2.05, 4.69) is 190 Å². The highest BCUT2D eigenvalue weighted by Crippen LogP contribution is 2.46. The molecule has 0 unspecified atom stereocenters. The number of aromatic nitrogens is 2. The van der Waals surface area contributed by atoms with E-state index < -0.39 is 0 Å². The van der Waals surface area contributed by atoms with Gasteiger partial charge in [0, 0.05) is 59.4 Å². The fraction of sp³-hybridized carbons (Fsp3) is 0. The Bertz CT molecular complexity index is 2730. The fourth-order valence-corrected chi connectivity index (χ4v) is 8.62. The van der Waals surface area contributed by atoms with Crippen molar-refractivity contribution in [3.8, 4) is 11.4 Å². The maximum atomic E-state index is 2.51. The lowest BCUT2D eigenvalue weighted by Gasteiger charge is -2.26. The zero-order chi connectivity index (χ0) is 31.6. The highest BCUT2D eigenvalue weighted by atomic mass is 32.1. The van der Waals surface area contributed by atoms with Gasteiger partial charge in [0.1, 0.15) is 0 Å². The summed E-state index contributed by atoms with van der Waals surface area (Å²) in [5.74, 6) is 0. The number of hydrogen-bond acceptors (Lipinski definition) is 2. The molecule has 0 amide bonds. The standard InChI is InChI=1S/C44H29N3S/c1-4-15-30(16-5-1)45(31-17-6-2-7-18-31)33-21-14-22-34(29-33)46-38-25-12-10-23-35(38)43-44(46)37-27-28-40-41(36-24-11-13-26-39(36)48-40)42(37)47(43)32-19-8-3-9-20-32/h1-29H. The van der Waals surface area contributed by atoms with Crippen molar-refractivity contribution in [1.29, 1.82) is 0 Å². The topological polar surface area (TPSA) is 13.1 Å². The fourth-order valence-electron chi connectivity index (χ4n) is 7.51. The molecule has 10 aromatic rings. The number of nitrogens with zero attached hydrogens (tertiary/aromatic N) is 3. The Balaban J connectivity index is 1.33. The Morgan fingerprint density at radius 3 is 1.71 bits per heavy atom. The van der Waals surface area contributed by atoms with E-state index in [-0.39, 0.29) is 0 Å². The number of rotatable bonds is 5. The number of thiophene rings is 1. The predicted molar refractivity (Wildman–Crippen MR) is 205 cm³/mol. The molecule has 4 heteroatoms. The predicted octanol–water partition coefficient (Wildman–Crippen LogP) is 12.6. The van der Waals surface area contributed by atoms with Gasteiger partial charge >= 0.3 is 0 Å². The SMILES string of the molecule is c1ccc(N(c2ccccc2)c2cccc(-n3c4ccccc4c4c3c3ccc5sc6ccccc6c5c3n4-c3ccccc3)c2)cc1. The van der Waals surface area contributed by atoms with E-state index in [9.17, 15) is 0 Å². The van der Waals surface area contributed by atoms with Gasteiger partial charge in [-0.05, 0) is 78.9 Å². The molecule has 0 aliphatic rings. The molecule has 0 spiro atoms. The largest absolute Gasteiger partial charge is 0.310 e. The molecule has 0 saturated carbocycles. The van der Waals surface area contributed by atoms with Gasteiger partial charge in [0.15, 0.2) is 0 Å². The average Bonchev–Trinajstić information content (AvgIpc) is 3.80. The van der Waals surface area contributed by atoms with Crippen LogP contribution in [0.1, 0.15) is 0 Å². The van der Waals surface area contributed by atoms with Crippen LogP contribution < -0.4 is 4.90 Å². The maximum Gasteiger partial charge on any atom is 0.0804 e. The summed E-state index contributed by atoms with van der Waals surface area (Å²) in [6.45, 7) is 0. The quantitative estimate of drug-likeness (QED) is 0.184. The van der Waals surface area contributed by atoms with Gasteiger partial charge in [0.05, 0.1) is 22.1 Å². The average molecular weight is 632 g/mol. The molecular formula is C44H29N3S. The monoisotopic (exact) mass is 631 g/mol. The minimum absolute atomic E-state index is 1.11. The van der Waals surface area contributed by atoms with Gasteiger partial charge in [0.25, 0.3) is 0 Å². The first-order valence-electron chi connectivity index (χ1n) is 16.3. The molecule has 7 aromatic carbocycles. The van der Waals surface area contributed by atoms with Crippen molar-refractivity contribution < 1.29 is 0 Å². The molecule has 0 radical (unpaired) electrons. The van der Waals surface area contributed by atoms with E-state index in [0.29, 0.717) is 0 Å². The lowest BCUT2D eigenvalue weighted by atomic mass is 10.1. The van der Waals surface area contributed by atoms with Gasteiger partial charge < -0.3 is 14.0 Å². The lowest BCUT2D eigenvalue weighted by Crippen LogP contribution is -2.10. The van der Waals surface area contributed by atoms with Crippen molar-refractivity contribution in [3.05, 3.63) is 176 Å². The summed E-state index contributed by atoms with van der Waals surface area (Å²) >= 11 is 1.87. The molecule has 0 atom stereocenters. The van der Waals surface area contributed by atoms with Crippen LogP contribution in [0.2, 0.25) is 0 Å². The molecule has 48 heavy (non-hydrogen) atoms. The van der Waals surface area contributed by atoms with Crippen LogP contribution in [0, 0.1) is 0 Å². The summed E-state index contributed by atoms with van der Waals surface area (Å²) in [5, 5.41) is 5.10. The van der Waals surface area contributed by atoms with Crippen molar-refractivity contribution in [2.24, 2.45) is 0 Å². The third-order valence-corrected chi connectivity index (χ3v) is 10.6. The molecule has 0 bridgehead atoms. The van der Waals surface area contributed by atoms with Crippen molar-refractivity contribution in [3.63, 3.8) is 0 Å². The number of anilines is 3. The van der Waals surface area contributed by atoms with Crippen LogP contribution in [0.15, 0.2) is 176 Å². The minimum atomic E-state index is 1.11. The van der Waals surface area contributed by atoms with Crippen LogP contribution in [0.3, 0.4) is 0 Å². The normalized spacial score (nSPS) is 11.8. The highest BCUT2D eigenvalue weighted by molar-refractivity contribution is 7.26. The molecule has 10 rings (SSSR count). The summed E-state index contributed by atoms with van der Waals surface area (Å²) in [4.78, 5) is 2.33. The number of benzene rings is 7. The van der Waals surface area contributed by atoms with Crippen molar-refractivity contribution >= 4 is 81.4 Å². The Hall–Kier alpha value is -6.10. The second-order valence-corrected chi connectivity index (χ2v) is 13.3. The van der Waals surface area contributed by atoms with Gasteiger partial charge in [-0.15, -0.1) is 11.3 Å². The number of hydrogen-bond donors (Lipinski definition) is 0. The molecule has 3 nitrogen and oxygen atoms in total. The summed E-state index contributed by atoms with van der Waals surface area (Å²) < 4.78 is 7.60. The molecule has 226 valence electrons. The van der Waals surface area contributed by atoms with Crippen LogP contribution in [-0.4, -0.2) is 9.13 Å². The third kappa shape index (κ3) is 4.00. The van der Waals surface area contributed by atoms with Crippen LogP contribution in [-0.2, 0) is 0 Å².